The molecule has 1 aromatic heterocycles. The number of H-pyrrole nitrogens is 1. The largest absolute Gasteiger partial charge is 0.508 e. The molecule has 16 N–H and O–H groups in total. The molecule has 2 heterocycles. The number of phenolic OH excluding ortho intramolecular Hbond substituents is 1. The Kier molecular flexibility index (Phi) is 21.7. The van der Waals surface area contributed by atoms with Gasteiger partial charge >= 0.3 is 0 Å². The van der Waals surface area contributed by atoms with Crippen LogP contribution in [-0.2, 0) is 57.6 Å². The normalized spacial score (nSPS) is 21.6. The van der Waals surface area contributed by atoms with Gasteiger partial charge in [-0.15, -0.1) is 0 Å². The maximum atomic E-state index is 14.9. The van der Waals surface area contributed by atoms with Crippen LogP contribution in [0, 0.1) is 5.92 Å². The number of aliphatic hydroxyl groups excluding tert-OH is 1. The van der Waals surface area contributed by atoms with Gasteiger partial charge in [-0.3, -0.25) is 38.4 Å². The predicted octanol–water partition coefficient (Wildman–Crippen LogP) is 0.822. The van der Waals surface area contributed by atoms with Crippen LogP contribution in [-0.4, -0.2) is 135 Å². The van der Waals surface area contributed by atoms with E-state index in [0.717, 1.165) is 48.8 Å². The van der Waals surface area contributed by atoms with Gasteiger partial charge in [-0.1, -0.05) is 108 Å². The van der Waals surface area contributed by atoms with Crippen LogP contribution in [0.5, 0.6) is 5.75 Å². The maximum Gasteiger partial charge on any atom is 0.244 e. The van der Waals surface area contributed by atoms with Crippen LogP contribution in [0.4, 0.5) is 0 Å². The Morgan fingerprint density at radius 1 is 0.714 bits per heavy atom. The molecule has 5 aromatic rings. The number of primary amides is 1. The highest BCUT2D eigenvalue weighted by Gasteiger charge is 2.36. The van der Waals surface area contributed by atoms with Gasteiger partial charge in [0.2, 0.25) is 47.3 Å². The Balaban J connectivity index is 1.39. The first-order chi connectivity index (χ1) is 36.8. The molecule has 77 heavy (non-hydrogen) atoms. The van der Waals surface area contributed by atoms with Crippen LogP contribution in [0.3, 0.4) is 0 Å². The second-order valence-corrected chi connectivity index (χ2v) is 22.0. The monoisotopic (exact) mass is 1100 g/mol. The fraction of sp³-hybridized carbons (Fsp3) is 0.407. The van der Waals surface area contributed by atoms with Gasteiger partial charge in [-0.05, 0) is 90.7 Å². The molecule has 21 nitrogen and oxygen atoms in total. The number of phenols is 1. The van der Waals surface area contributed by atoms with Gasteiger partial charge < -0.3 is 69.6 Å². The average molecular weight is 1100 g/mol. The number of amides is 8. The summed E-state index contributed by atoms with van der Waals surface area (Å²) in [6.07, 6.45) is 1.05. The van der Waals surface area contributed by atoms with Crippen molar-refractivity contribution in [1.82, 2.24) is 42.2 Å². The first kappa shape index (κ1) is 59.1. The number of unbranched alkanes of at least 4 members (excludes halogenated alkanes) is 1. The Bertz CT molecular complexity index is 2890. The number of hydrogen-bond acceptors (Lipinski definition) is 14. The summed E-state index contributed by atoms with van der Waals surface area (Å²) < 4.78 is 0. The van der Waals surface area contributed by atoms with Gasteiger partial charge in [0, 0.05) is 41.4 Å². The van der Waals surface area contributed by atoms with Crippen molar-refractivity contribution in [2.45, 2.75) is 114 Å². The third-order valence-corrected chi connectivity index (χ3v) is 15.5. The SMILES string of the molecule is CC(C)C1NC(=O)C(CCCCN)NC(=O)[C@@H](Cc2c[nH]c3ccccc23)NC(=O)C(Cc2ccc(O)cc2)NC(=O)C(NC(=O)C(N)Cc2ccc3ccccc3c2)CSSCC(C(=O)NC(C(N)=O)C(C)O)NC1=O. The van der Waals surface area contributed by atoms with Crippen LogP contribution in [0.2, 0.25) is 0 Å². The Morgan fingerprint density at radius 2 is 1.34 bits per heavy atom. The van der Waals surface area contributed by atoms with Crippen LogP contribution in [0.15, 0.2) is 97.2 Å². The van der Waals surface area contributed by atoms with E-state index in [1.54, 1.807) is 32.2 Å². The molecule has 6 rings (SSSR count). The molecule has 0 radical (unpaired) electrons. The van der Waals surface area contributed by atoms with E-state index < -0.39 is 108 Å². The first-order valence-corrected chi connectivity index (χ1v) is 27.9. The Hall–Kier alpha value is -7.18. The predicted molar refractivity (Wildman–Crippen MR) is 296 cm³/mol. The highest BCUT2D eigenvalue weighted by atomic mass is 33.1. The molecular formula is C54H69N11O10S2. The molecule has 0 aliphatic carbocycles. The quantitative estimate of drug-likeness (QED) is 0.0453. The summed E-state index contributed by atoms with van der Waals surface area (Å²) in [5.41, 5.74) is 20.5. The molecule has 0 bridgehead atoms. The number of rotatable bonds is 17. The number of hydrogen-bond donors (Lipinski definition) is 13. The summed E-state index contributed by atoms with van der Waals surface area (Å²) in [7, 11) is 2.03. The highest BCUT2D eigenvalue weighted by Crippen LogP contribution is 2.25. The van der Waals surface area contributed by atoms with E-state index in [4.69, 9.17) is 17.2 Å². The van der Waals surface area contributed by atoms with Crippen LogP contribution >= 0.6 is 21.6 Å². The molecule has 1 fully saturated rings. The number of fused-ring (bicyclic) bond motifs is 2. The number of aromatic hydroxyl groups is 1. The molecule has 412 valence electrons. The summed E-state index contributed by atoms with van der Waals surface area (Å²) >= 11 is 0. The second-order valence-electron chi connectivity index (χ2n) is 19.4. The number of nitrogens with one attached hydrogen (secondary N) is 8. The van der Waals surface area contributed by atoms with E-state index in [1.807, 2.05) is 66.7 Å². The highest BCUT2D eigenvalue weighted by molar-refractivity contribution is 8.76. The zero-order valence-electron chi connectivity index (χ0n) is 43.1. The van der Waals surface area contributed by atoms with Gasteiger partial charge in [0.15, 0.2) is 0 Å². The van der Waals surface area contributed by atoms with E-state index in [2.05, 4.69) is 42.2 Å². The molecule has 4 aromatic carbocycles. The lowest BCUT2D eigenvalue weighted by atomic mass is 10.00. The zero-order valence-corrected chi connectivity index (χ0v) is 44.7. The van der Waals surface area contributed by atoms with Crippen LogP contribution in [0.1, 0.15) is 56.7 Å². The van der Waals surface area contributed by atoms with E-state index >= 15 is 0 Å². The maximum absolute atomic E-state index is 14.9. The first-order valence-electron chi connectivity index (χ1n) is 25.4. The second kappa shape index (κ2) is 28.3. The van der Waals surface area contributed by atoms with Gasteiger partial charge in [-0.2, -0.15) is 0 Å². The van der Waals surface area contributed by atoms with E-state index in [-0.39, 0.29) is 49.5 Å². The third kappa shape index (κ3) is 16.9. The van der Waals surface area contributed by atoms with Crippen molar-refractivity contribution >= 4 is 90.5 Å². The van der Waals surface area contributed by atoms with Crippen LogP contribution in [0.25, 0.3) is 21.7 Å². The summed E-state index contributed by atoms with van der Waals surface area (Å²) in [5.74, 6) is -7.66. The van der Waals surface area contributed by atoms with Crippen LogP contribution < -0.4 is 54.4 Å². The fourth-order valence-corrected chi connectivity index (χ4v) is 11.0. The number of benzene rings is 4. The number of aliphatic hydroxyl groups is 1. The lowest BCUT2D eigenvalue weighted by molar-refractivity contribution is -0.136. The summed E-state index contributed by atoms with van der Waals surface area (Å²) in [4.78, 5) is 116. The number of carbonyl (C=O) groups excluding carboxylic acids is 8. The molecule has 9 atom stereocenters. The molecule has 8 amide bonds. The minimum atomic E-state index is -1.55. The Morgan fingerprint density at radius 3 is 2.03 bits per heavy atom. The van der Waals surface area contributed by atoms with Crippen molar-refractivity contribution in [1.29, 1.82) is 0 Å². The standard InChI is InChI=1S/C54H69N11O10S2/c1-29(2)45-54(75)63-44(53(74)65-46(30(3)66)47(57)68)28-77-76-27-43(62-48(69)38(56)23-32-15-18-33-10-4-5-11-34(33)22-32)52(73)60-41(24-31-16-19-36(67)20-17-31)50(71)61-42(25-35-26-58-39-13-7-6-12-37(35)39)51(72)59-40(49(70)64-45)14-8-9-21-55/h4-7,10-13,15-20,22,26,29-30,38,40-46,58,66-67H,8-9,14,21,23-25,27-28,55-56H2,1-3H3,(H2,57,68)(H,59,72)(H,60,73)(H,61,71)(H,62,69)(H,63,75)(H,64,70)(H,65,74)/t30?,38?,40?,41?,42-,43?,44?,45?,46?/m1/s1. The number of para-hydroxylation sites is 1. The average Bonchev–Trinajstić information content (AvgIpc) is 3.81. The summed E-state index contributed by atoms with van der Waals surface area (Å²) in [6, 6.07) is 15.8. The third-order valence-electron chi connectivity index (χ3n) is 13.1. The van der Waals surface area contributed by atoms with E-state index in [1.165, 1.54) is 19.1 Å². The molecule has 1 aliphatic rings. The number of carbonyl (C=O) groups is 8. The van der Waals surface area contributed by atoms with Crippen molar-refractivity contribution in [3.05, 3.63) is 114 Å². The van der Waals surface area contributed by atoms with E-state index in [9.17, 15) is 48.6 Å². The number of nitrogens with two attached hydrogens (primary N) is 3. The molecule has 0 saturated carbocycles. The van der Waals surface area contributed by atoms with Crippen molar-refractivity contribution in [3.8, 4) is 5.75 Å². The van der Waals surface area contributed by atoms with Crippen molar-refractivity contribution < 1.29 is 48.6 Å². The molecule has 0 spiro atoms. The van der Waals surface area contributed by atoms with Gasteiger partial charge in [0.05, 0.1) is 12.1 Å². The molecular weight excluding hydrogens is 1030 g/mol. The molecule has 1 saturated heterocycles. The number of aromatic amines is 1. The van der Waals surface area contributed by atoms with Gasteiger partial charge in [-0.25, -0.2) is 0 Å². The lowest BCUT2D eigenvalue weighted by Gasteiger charge is -2.29. The smallest absolute Gasteiger partial charge is 0.244 e. The van der Waals surface area contributed by atoms with Gasteiger partial charge in [0.25, 0.3) is 0 Å². The fourth-order valence-electron chi connectivity index (χ4n) is 8.71. The summed E-state index contributed by atoms with van der Waals surface area (Å²) in [5, 5.41) is 42.1. The van der Waals surface area contributed by atoms with Crippen molar-refractivity contribution in [3.63, 3.8) is 0 Å². The minimum absolute atomic E-state index is 0.0501. The number of aromatic nitrogens is 1. The minimum Gasteiger partial charge on any atom is -0.508 e. The zero-order chi connectivity index (χ0) is 55.8. The Labute approximate surface area is 453 Å². The lowest BCUT2D eigenvalue weighted by Crippen LogP contribution is -2.62. The van der Waals surface area contributed by atoms with Crippen molar-refractivity contribution in [2.24, 2.45) is 23.1 Å². The van der Waals surface area contributed by atoms with Crippen molar-refractivity contribution in [2.75, 3.05) is 18.1 Å². The van der Waals surface area contributed by atoms with E-state index in [0.29, 0.717) is 24.0 Å². The molecule has 8 unspecified atom stereocenters. The molecule has 1 aliphatic heterocycles. The van der Waals surface area contributed by atoms with Gasteiger partial charge in [0.1, 0.15) is 48.0 Å². The summed E-state index contributed by atoms with van der Waals surface area (Å²) in [6.45, 7) is 4.85. The molecule has 23 heteroatoms. The topological polar surface area (TPSA) is 355 Å².